The van der Waals surface area contributed by atoms with E-state index in [1.54, 1.807) is 30.1 Å². The fourth-order valence-electron chi connectivity index (χ4n) is 3.11. The van der Waals surface area contributed by atoms with Crippen LogP contribution < -0.4 is 10.2 Å². The number of ether oxygens (including phenoxy) is 1. The first-order chi connectivity index (χ1) is 14.0. The minimum atomic E-state index is -0.542. The van der Waals surface area contributed by atoms with E-state index in [0.29, 0.717) is 28.1 Å². The number of aromatic nitrogens is 3. The van der Waals surface area contributed by atoms with Crippen LogP contribution in [-0.4, -0.2) is 21.0 Å². The predicted octanol–water partition coefficient (Wildman–Crippen LogP) is 4.45. The summed E-state index contributed by atoms with van der Waals surface area (Å²) >= 11 is 1.49. The van der Waals surface area contributed by atoms with E-state index in [1.807, 2.05) is 12.3 Å². The Morgan fingerprint density at radius 2 is 2.10 bits per heavy atom. The van der Waals surface area contributed by atoms with Gasteiger partial charge in [0.2, 0.25) is 0 Å². The van der Waals surface area contributed by atoms with Crippen LogP contribution in [-0.2, 0) is 7.05 Å². The second kappa shape index (κ2) is 7.45. The number of aryl methyl sites for hydroxylation is 1. The van der Waals surface area contributed by atoms with Crippen LogP contribution in [0.4, 0.5) is 4.39 Å². The monoisotopic (exact) mass is 406 g/mol. The summed E-state index contributed by atoms with van der Waals surface area (Å²) in [5.74, 6) is -0.0361. The maximum atomic E-state index is 14.3. The van der Waals surface area contributed by atoms with Crippen molar-refractivity contribution in [3.05, 3.63) is 70.4 Å². The van der Waals surface area contributed by atoms with Crippen molar-refractivity contribution >= 4 is 22.7 Å². The molecule has 2 aromatic carbocycles. The fourth-order valence-corrected chi connectivity index (χ4v) is 3.70. The average molecular weight is 406 g/mol. The van der Waals surface area contributed by atoms with Crippen LogP contribution in [0.3, 0.4) is 0 Å². The molecule has 0 unspecified atom stereocenters. The lowest BCUT2D eigenvalue weighted by molar-refractivity contribution is 0.482. The van der Waals surface area contributed by atoms with Crippen molar-refractivity contribution in [2.45, 2.75) is 4.90 Å². The van der Waals surface area contributed by atoms with Gasteiger partial charge >= 0.3 is 0 Å². The first kappa shape index (κ1) is 18.8. The molecule has 8 heteroatoms. The Labute approximate surface area is 169 Å². The van der Waals surface area contributed by atoms with Gasteiger partial charge < -0.3 is 9.72 Å². The molecule has 0 fully saturated rings. The lowest BCUT2D eigenvalue weighted by atomic mass is 10.1. The van der Waals surface area contributed by atoms with Crippen molar-refractivity contribution in [3.63, 3.8) is 0 Å². The van der Waals surface area contributed by atoms with E-state index in [4.69, 9.17) is 4.74 Å². The third-order valence-electron chi connectivity index (χ3n) is 4.39. The van der Waals surface area contributed by atoms with Crippen LogP contribution in [0.25, 0.3) is 22.2 Å². The van der Waals surface area contributed by atoms with Crippen LogP contribution in [0, 0.1) is 17.1 Å². The van der Waals surface area contributed by atoms with E-state index in [2.05, 4.69) is 16.2 Å². The molecule has 29 heavy (non-hydrogen) atoms. The Balaban J connectivity index is 1.91. The molecule has 1 N–H and O–H groups in total. The second-order valence-electron chi connectivity index (χ2n) is 6.35. The molecule has 6 nitrogen and oxygen atoms in total. The van der Waals surface area contributed by atoms with Crippen LogP contribution in [0.1, 0.15) is 5.56 Å². The van der Waals surface area contributed by atoms with Crippen LogP contribution in [0.15, 0.2) is 58.5 Å². The van der Waals surface area contributed by atoms with Crippen molar-refractivity contribution in [1.29, 1.82) is 5.26 Å². The third-order valence-corrected chi connectivity index (χ3v) is 5.18. The number of nitriles is 1. The summed E-state index contributed by atoms with van der Waals surface area (Å²) in [5.41, 5.74) is 1.66. The van der Waals surface area contributed by atoms with E-state index in [0.717, 1.165) is 4.90 Å². The molecule has 0 amide bonds. The van der Waals surface area contributed by atoms with Gasteiger partial charge in [0.15, 0.2) is 11.2 Å². The molecule has 0 radical (unpaired) electrons. The fraction of sp³-hybridized carbons (Fsp3) is 0.0952. The Morgan fingerprint density at radius 3 is 2.79 bits per heavy atom. The van der Waals surface area contributed by atoms with Crippen molar-refractivity contribution in [2.24, 2.45) is 7.05 Å². The standard InChI is InChI=1S/C21H15FN4O2S/c1-26-11-14(10-24-26)28-19-7-13(22)6-17-21(19)18(27)8-16(25-17)15-5-12(9-23)3-4-20(15)29-2/h3-8,10-11H,1-2H3,(H,25,27). The Kier molecular flexibility index (Phi) is 4.82. The highest BCUT2D eigenvalue weighted by atomic mass is 32.2. The maximum Gasteiger partial charge on any atom is 0.193 e. The molecule has 4 aromatic rings. The average Bonchev–Trinajstić information content (AvgIpc) is 3.11. The van der Waals surface area contributed by atoms with Gasteiger partial charge in [-0.2, -0.15) is 10.4 Å². The molecule has 0 aliphatic carbocycles. The molecule has 0 aliphatic heterocycles. The smallest absolute Gasteiger partial charge is 0.193 e. The molecular formula is C21H15FN4O2S. The summed E-state index contributed by atoms with van der Waals surface area (Å²) in [7, 11) is 1.73. The number of nitrogens with zero attached hydrogens (tertiary/aromatic N) is 3. The van der Waals surface area contributed by atoms with Crippen LogP contribution in [0.5, 0.6) is 11.5 Å². The van der Waals surface area contributed by atoms with Gasteiger partial charge in [-0.05, 0) is 30.5 Å². The first-order valence-corrected chi connectivity index (χ1v) is 9.82. The van der Waals surface area contributed by atoms with E-state index in [9.17, 15) is 14.4 Å². The van der Waals surface area contributed by atoms with Gasteiger partial charge in [-0.1, -0.05) is 0 Å². The molecular weight excluding hydrogens is 391 g/mol. The van der Waals surface area contributed by atoms with E-state index in [-0.39, 0.29) is 16.6 Å². The molecule has 144 valence electrons. The molecule has 0 saturated carbocycles. The third kappa shape index (κ3) is 3.60. The number of halogens is 1. The zero-order chi connectivity index (χ0) is 20.5. The quantitative estimate of drug-likeness (QED) is 0.506. The Hall–Kier alpha value is -3.57. The van der Waals surface area contributed by atoms with Gasteiger partial charge in [-0.3, -0.25) is 9.48 Å². The number of pyridine rings is 1. The number of aromatic amines is 1. The summed E-state index contributed by atoms with van der Waals surface area (Å²) < 4.78 is 21.5. The van der Waals surface area contributed by atoms with Crippen molar-refractivity contribution in [2.75, 3.05) is 6.26 Å². The van der Waals surface area contributed by atoms with E-state index in [1.165, 1.54) is 36.2 Å². The number of hydrogen-bond donors (Lipinski definition) is 1. The van der Waals surface area contributed by atoms with E-state index < -0.39 is 5.82 Å². The molecule has 0 saturated heterocycles. The lowest BCUT2D eigenvalue weighted by Crippen LogP contribution is -2.06. The van der Waals surface area contributed by atoms with Gasteiger partial charge in [0.25, 0.3) is 0 Å². The van der Waals surface area contributed by atoms with Gasteiger partial charge in [-0.25, -0.2) is 4.39 Å². The molecule has 0 spiro atoms. The van der Waals surface area contributed by atoms with Gasteiger partial charge in [0.1, 0.15) is 11.6 Å². The van der Waals surface area contributed by atoms with Gasteiger partial charge in [-0.15, -0.1) is 11.8 Å². The van der Waals surface area contributed by atoms with Crippen LogP contribution in [0.2, 0.25) is 0 Å². The first-order valence-electron chi connectivity index (χ1n) is 8.60. The van der Waals surface area contributed by atoms with Crippen molar-refractivity contribution < 1.29 is 9.13 Å². The summed E-state index contributed by atoms with van der Waals surface area (Å²) in [5, 5.41) is 13.5. The minimum absolute atomic E-state index is 0.108. The summed E-state index contributed by atoms with van der Waals surface area (Å²) in [6, 6.07) is 11.2. The summed E-state index contributed by atoms with van der Waals surface area (Å²) in [4.78, 5) is 16.9. The predicted molar refractivity (Wildman–Crippen MR) is 110 cm³/mol. The number of hydrogen-bond acceptors (Lipinski definition) is 5. The molecule has 0 bridgehead atoms. The number of nitrogens with one attached hydrogen (secondary N) is 1. The molecule has 4 rings (SSSR count). The van der Waals surface area contributed by atoms with Crippen molar-refractivity contribution in [3.8, 4) is 28.8 Å². The van der Waals surface area contributed by atoms with Crippen LogP contribution >= 0.6 is 11.8 Å². The summed E-state index contributed by atoms with van der Waals surface area (Å²) in [6.45, 7) is 0. The number of fused-ring (bicyclic) bond motifs is 1. The second-order valence-corrected chi connectivity index (χ2v) is 7.20. The maximum absolute atomic E-state index is 14.3. The highest BCUT2D eigenvalue weighted by molar-refractivity contribution is 7.98. The van der Waals surface area contributed by atoms with Gasteiger partial charge in [0.05, 0.1) is 40.6 Å². The lowest BCUT2D eigenvalue weighted by Gasteiger charge is -2.12. The molecule has 2 heterocycles. The van der Waals surface area contributed by atoms with Gasteiger partial charge in [0, 0.05) is 29.6 Å². The highest BCUT2D eigenvalue weighted by Crippen LogP contribution is 2.33. The SMILES string of the molecule is CSc1ccc(C#N)cc1-c1cc(=O)c2c(Oc3cnn(C)c3)cc(F)cc2[nH]1. The molecule has 0 atom stereocenters. The Morgan fingerprint density at radius 1 is 1.28 bits per heavy atom. The minimum Gasteiger partial charge on any atom is -0.453 e. The zero-order valence-corrected chi connectivity index (χ0v) is 16.4. The highest BCUT2D eigenvalue weighted by Gasteiger charge is 2.15. The number of H-pyrrole nitrogens is 1. The topological polar surface area (TPSA) is 83.7 Å². The summed E-state index contributed by atoms with van der Waals surface area (Å²) in [6.07, 6.45) is 5.01. The number of benzene rings is 2. The Bertz CT molecular complexity index is 1340. The molecule has 0 aliphatic rings. The largest absolute Gasteiger partial charge is 0.453 e. The van der Waals surface area contributed by atoms with Crippen molar-refractivity contribution in [1.82, 2.24) is 14.8 Å². The molecule has 2 aromatic heterocycles. The zero-order valence-electron chi connectivity index (χ0n) is 15.6. The number of thioether (sulfide) groups is 1. The normalized spacial score (nSPS) is 10.8. The van der Waals surface area contributed by atoms with E-state index >= 15 is 0 Å². The number of rotatable bonds is 4.